The summed E-state index contributed by atoms with van der Waals surface area (Å²) in [5.74, 6) is -0.370. The topological polar surface area (TPSA) is 105 Å². The number of carboxylic acid groups (broad SMARTS) is 1. The molecule has 7 heteroatoms. The zero-order valence-electron chi connectivity index (χ0n) is 17.5. The Morgan fingerprint density at radius 3 is 2.40 bits per heavy atom. The number of aliphatic carboxylic acids is 1. The Bertz CT molecular complexity index is 941. The first kappa shape index (κ1) is 21.8. The molecule has 0 aromatic heterocycles. The van der Waals surface area contributed by atoms with Crippen LogP contribution < -0.4 is 5.73 Å². The van der Waals surface area contributed by atoms with E-state index in [1.54, 1.807) is 0 Å². The van der Waals surface area contributed by atoms with Crippen LogP contribution in [0.15, 0.2) is 47.6 Å². The minimum absolute atomic E-state index is 0.00373. The number of carbonyl (C=O) groups excluding carboxylic acids is 1. The fourth-order valence-electron chi connectivity index (χ4n) is 3.60. The smallest absolute Gasteiger partial charge is 0.353 e. The van der Waals surface area contributed by atoms with Crippen molar-refractivity contribution in [2.75, 3.05) is 19.6 Å². The predicted octanol–water partition coefficient (Wildman–Crippen LogP) is 3.28. The van der Waals surface area contributed by atoms with E-state index in [0.717, 1.165) is 17.3 Å². The van der Waals surface area contributed by atoms with Crippen LogP contribution in [0.3, 0.4) is 0 Å². The molecule has 1 spiro atoms. The third-order valence-electron chi connectivity index (χ3n) is 5.54. The molecule has 160 valence electrons. The summed E-state index contributed by atoms with van der Waals surface area (Å²) in [6, 6.07) is 13.6. The Morgan fingerprint density at radius 1 is 1.17 bits per heavy atom. The number of benzene rings is 2. The lowest BCUT2D eigenvalue weighted by Crippen LogP contribution is -2.47. The van der Waals surface area contributed by atoms with E-state index in [1.807, 2.05) is 47.4 Å². The molecule has 0 radical (unpaired) electrons. The van der Waals surface area contributed by atoms with Crippen LogP contribution in [0.25, 0.3) is 10.8 Å². The van der Waals surface area contributed by atoms with Crippen LogP contribution in [0.4, 0.5) is 0 Å². The molecular weight excluding hydrogens is 382 g/mol. The van der Waals surface area contributed by atoms with E-state index < -0.39 is 11.6 Å². The van der Waals surface area contributed by atoms with Gasteiger partial charge in [-0.05, 0) is 29.3 Å². The Balaban J connectivity index is 0.000000461. The first-order valence-corrected chi connectivity index (χ1v) is 10.3. The van der Waals surface area contributed by atoms with Crippen molar-refractivity contribution in [1.29, 1.82) is 0 Å². The van der Waals surface area contributed by atoms with Crippen LogP contribution in [0, 0.1) is 5.92 Å². The molecular formula is C23H29N3O4. The van der Waals surface area contributed by atoms with Crippen LogP contribution in [0.2, 0.25) is 0 Å². The number of hydrogen-bond donors (Lipinski definition) is 2. The molecule has 0 saturated carbocycles. The first-order valence-electron chi connectivity index (χ1n) is 10.3. The van der Waals surface area contributed by atoms with E-state index in [2.05, 4.69) is 19.0 Å². The molecule has 1 fully saturated rings. The first-order chi connectivity index (χ1) is 14.3. The number of piperidine rings is 1. The van der Waals surface area contributed by atoms with E-state index in [1.165, 1.54) is 0 Å². The fourth-order valence-corrected chi connectivity index (χ4v) is 3.60. The molecule has 0 aliphatic carbocycles. The maximum Gasteiger partial charge on any atom is 0.353 e. The van der Waals surface area contributed by atoms with E-state index in [-0.39, 0.29) is 11.6 Å². The Morgan fingerprint density at radius 2 is 1.80 bits per heavy atom. The van der Waals surface area contributed by atoms with Gasteiger partial charge in [-0.25, -0.2) is 4.79 Å². The van der Waals surface area contributed by atoms with E-state index in [4.69, 9.17) is 15.7 Å². The lowest BCUT2D eigenvalue weighted by atomic mass is 9.86. The van der Waals surface area contributed by atoms with Crippen molar-refractivity contribution in [3.05, 3.63) is 48.0 Å². The van der Waals surface area contributed by atoms with E-state index in [0.29, 0.717) is 43.8 Å². The van der Waals surface area contributed by atoms with Crippen molar-refractivity contribution in [1.82, 2.24) is 4.90 Å². The Labute approximate surface area is 176 Å². The number of nitrogens with zero attached hydrogens (tertiary/aromatic N) is 2. The number of nitrogens with two attached hydrogens (primary N) is 1. The van der Waals surface area contributed by atoms with Gasteiger partial charge in [-0.15, -0.1) is 0 Å². The van der Waals surface area contributed by atoms with Crippen LogP contribution in [-0.4, -0.2) is 52.8 Å². The number of carbonyl (C=O) groups is 2. The Hall–Kier alpha value is -2.93. The van der Waals surface area contributed by atoms with Gasteiger partial charge in [0.05, 0.1) is 0 Å². The molecule has 7 nitrogen and oxygen atoms in total. The molecule has 4 rings (SSSR count). The highest BCUT2D eigenvalue weighted by molar-refractivity contribution is 6.36. The SMILES string of the molecule is CC(C)CN.O=C(O)C1=NOC2(CCN(C(=O)c3cccc4ccccc34)CC2)C1. The van der Waals surface area contributed by atoms with Gasteiger partial charge in [0.15, 0.2) is 5.71 Å². The number of hydrogen-bond acceptors (Lipinski definition) is 5. The average molecular weight is 412 g/mol. The fraction of sp³-hybridized carbons (Fsp3) is 0.435. The molecule has 2 heterocycles. The summed E-state index contributed by atoms with van der Waals surface area (Å²) in [7, 11) is 0. The molecule has 2 aromatic rings. The molecule has 1 amide bonds. The summed E-state index contributed by atoms with van der Waals surface area (Å²) in [6.45, 7) is 6.06. The number of amides is 1. The van der Waals surface area contributed by atoms with Gasteiger partial charge in [0, 0.05) is 37.9 Å². The maximum absolute atomic E-state index is 13.0. The molecule has 2 aromatic carbocycles. The number of oxime groups is 1. The lowest BCUT2D eigenvalue weighted by molar-refractivity contribution is -0.129. The molecule has 0 bridgehead atoms. The van der Waals surface area contributed by atoms with Crippen molar-refractivity contribution in [3.8, 4) is 0 Å². The monoisotopic (exact) mass is 411 g/mol. The highest BCUT2D eigenvalue weighted by Gasteiger charge is 2.44. The van der Waals surface area contributed by atoms with Gasteiger partial charge in [-0.1, -0.05) is 55.4 Å². The largest absolute Gasteiger partial charge is 0.477 e. The highest BCUT2D eigenvalue weighted by Crippen LogP contribution is 2.35. The van der Waals surface area contributed by atoms with Gasteiger partial charge in [-0.2, -0.15) is 0 Å². The van der Waals surface area contributed by atoms with Crippen molar-refractivity contribution in [3.63, 3.8) is 0 Å². The number of carboxylic acids is 1. The maximum atomic E-state index is 13.0. The second kappa shape index (κ2) is 9.26. The van der Waals surface area contributed by atoms with E-state index in [9.17, 15) is 9.59 Å². The van der Waals surface area contributed by atoms with Gasteiger partial charge in [-0.3, -0.25) is 4.79 Å². The van der Waals surface area contributed by atoms with Gasteiger partial charge in [0.1, 0.15) is 5.60 Å². The van der Waals surface area contributed by atoms with Crippen LogP contribution in [0.5, 0.6) is 0 Å². The van der Waals surface area contributed by atoms with Crippen molar-refractivity contribution < 1.29 is 19.5 Å². The number of rotatable bonds is 3. The van der Waals surface area contributed by atoms with E-state index >= 15 is 0 Å². The number of fused-ring (bicyclic) bond motifs is 1. The zero-order valence-corrected chi connectivity index (χ0v) is 17.5. The Kier molecular flexibility index (Phi) is 6.72. The lowest BCUT2D eigenvalue weighted by Gasteiger charge is -2.37. The summed E-state index contributed by atoms with van der Waals surface area (Å²) in [6.07, 6.45) is 1.48. The van der Waals surface area contributed by atoms with Crippen LogP contribution >= 0.6 is 0 Å². The molecule has 1 saturated heterocycles. The second-order valence-electron chi connectivity index (χ2n) is 8.24. The average Bonchev–Trinajstić information content (AvgIpc) is 3.17. The van der Waals surface area contributed by atoms with Crippen molar-refractivity contribution in [2.24, 2.45) is 16.8 Å². The molecule has 2 aliphatic heterocycles. The summed E-state index contributed by atoms with van der Waals surface area (Å²) >= 11 is 0. The van der Waals surface area contributed by atoms with Crippen molar-refractivity contribution in [2.45, 2.75) is 38.7 Å². The molecule has 2 aliphatic rings. The minimum atomic E-state index is -1.04. The summed E-state index contributed by atoms with van der Waals surface area (Å²) in [5.41, 5.74) is 5.37. The third kappa shape index (κ3) is 4.79. The molecule has 3 N–H and O–H groups in total. The zero-order chi connectivity index (χ0) is 21.7. The van der Waals surface area contributed by atoms with Gasteiger partial charge in [0.25, 0.3) is 5.91 Å². The predicted molar refractivity (Wildman–Crippen MR) is 116 cm³/mol. The second-order valence-corrected chi connectivity index (χ2v) is 8.24. The normalized spacial score (nSPS) is 17.3. The standard InChI is InChI=1S/C19H18N2O4.C4H11N/c22-17(15-7-3-5-13-4-1-2-6-14(13)15)21-10-8-19(9-11-21)12-16(18(23)24)20-25-19;1-4(2)3-5/h1-7H,8-12H2,(H,23,24);4H,3,5H2,1-2H3. The quantitative estimate of drug-likeness (QED) is 0.806. The van der Waals surface area contributed by atoms with Crippen molar-refractivity contribution >= 4 is 28.4 Å². The third-order valence-corrected chi connectivity index (χ3v) is 5.54. The van der Waals surface area contributed by atoms with Crippen LogP contribution in [0.1, 0.15) is 43.5 Å². The molecule has 30 heavy (non-hydrogen) atoms. The summed E-state index contributed by atoms with van der Waals surface area (Å²) in [4.78, 5) is 31.2. The van der Waals surface area contributed by atoms with Crippen LogP contribution in [-0.2, 0) is 9.63 Å². The summed E-state index contributed by atoms with van der Waals surface area (Å²) in [5, 5.41) is 14.7. The highest BCUT2D eigenvalue weighted by atomic mass is 16.7. The van der Waals surface area contributed by atoms with Gasteiger partial charge >= 0.3 is 5.97 Å². The molecule has 0 atom stereocenters. The summed E-state index contributed by atoms with van der Waals surface area (Å²) < 4.78 is 0. The molecule has 0 unspecified atom stereocenters. The minimum Gasteiger partial charge on any atom is -0.477 e. The van der Waals surface area contributed by atoms with Gasteiger partial charge < -0.3 is 20.6 Å². The number of likely N-dealkylation sites (tertiary alicyclic amines) is 1. The van der Waals surface area contributed by atoms with Gasteiger partial charge in [0.2, 0.25) is 0 Å².